The first-order valence-electron chi connectivity index (χ1n) is 6.48. The van der Waals surface area contributed by atoms with Crippen LogP contribution in [-0.2, 0) is 6.54 Å². The summed E-state index contributed by atoms with van der Waals surface area (Å²) >= 11 is 3.42. The van der Waals surface area contributed by atoms with Crippen molar-refractivity contribution in [2.24, 2.45) is 5.73 Å². The lowest BCUT2D eigenvalue weighted by Gasteiger charge is -2.13. The lowest BCUT2D eigenvalue weighted by atomic mass is 10.2. The Morgan fingerprint density at radius 3 is 2.85 bits per heavy atom. The zero-order valence-electron chi connectivity index (χ0n) is 11.3. The van der Waals surface area contributed by atoms with E-state index in [1.54, 1.807) is 6.20 Å². The van der Waals surface area contributed by atoms with Gasteiger partial charge in [-0.3, -0.25) is 0 Å². The Balaban J connectivity index is 2.25. The highest BCUT2D eigenvalue weighted by molar-refractivity contribution is 9.10. The molecule has 1 heterocycles. The van der Waals surface area contributed by atoms with E-state index in [4.69, 9.17) is 15.2 Å². The third kappa shape index (κ3) is 3.71. The number of halogens is 1. The van der Waals surface area contributed by atoms with Gasteiger partial charge in [-0.05, 0) is 36.8 Å². The van der Waals surface area contributed by atoms with Gasteiger partial charge in [0.15, 0.2) is 5.75 Å². The van der Waals surface area contributed by atoms with Crippen LogP contribution in [0.5, 0.6) is 17.4 Å². The molecule has 0 saturated carbocycles. The van der Waals surface area contributed by atoms with Crippen molar-refractivity contribution in [2.45, 2.75) is 19.9 Å². The third-order valence-electron chi connectivity index (χ3n) is 2.65. The van der Waals surface area contributed by atoms with Gasteiger partial charge in [-0.25, -0.2) is 4.98 Å². The molecule has 0 aliphatic carbocycles. The van der Waals surface area contributed by atoms with Crippen LogP contribution in [0.1, 0.15) is 18.9 Å². The molecule has 5 heteroatoms. The molecule has 0 bridgehead atoms. The first-order valence-corrected chi connectivity index (χ1v) is 7.28. The van der Waals surface area contributed by atoms with Gasteiger partial charge in [-0.1, -0.05) is 22.9 Å². The molecule has 0 fully saturated rings. The van der Waals surface area contributed by atoms with Crippen molar-refractivity contribution in [3.05, 3.63) is 46.6 Å². The van der Waals surface area contributed by atoms with Crippen LogP contribution in [0.15, 0.2) is 41.0 Å². The molecule has 20 heavy (non-hydrogen) atoms. The van der Waals surface area contributed by atoms with E-state index in [-0.39, 0.29) is 0 Å². The Hall–Kier alpha value is -1.59. The Bertz CT molecular complexity index is 576. The van der Waals surface area contributed by atoms with Crippen molar-refractivity contribution < 1.29 is 9.47 Å². The Morgan fingerprint density at radius 2 is 2.10 bits per heavy atom. The molecule has 0 unspecified atom stereocenters. The maximum Gasteiger partial charge on any atom is 0.262 e. The van der Waals surface area contributed by atoms with Crippen LogP contribution in [0, 0.1) is 0 Å². The first kappa shape index (κ1) is 14.8. The number of nitrogens with two attached hydrogens (primary N) is 1. The Morgan fingerprint density at radius 1 is 1.25 bits per heavy atom. The summed E-state index contributed by atoms with van der Waals surface area (Å²) in [6.45, 7) is 3.08. The van der Waals surface area contributed by atoms with Crippen LogP contribution in [-0.4, -0.2) is 11.6 Å². The molecule has 0 amide bonds. The summed E-state index contributed by atoms with van der Waals surface area (Å²) in [5.74, 6) is 1.79. The largest absolute Gasteiger partial charge is 0.488 e. The van der Waals surface area contributed by atoms with Crippen molar-refractivity contribution in [3.8, 4) is 17.4 Å². The van der Waals surface area contributed by atoms with E-state index < -0.39 is 0 Å². The summed E-state index contributed by atoms with van der Waals surface area (Å²) < 4.78 is 12.4. The molecule has 4 nitrogen and oxygen atoms in total. The number of benzene rings is 1. The number of ether oxygens (including phenoxy) is 2. The number of hydrogen-bond acceptors (Lipinski definition) is 4. The lowest BCUT2D eigenvalue weighted by molar-refractivity contribution is 0.297. The minimum atomic E-state index is 0.396. The highest BCUT2D eigenvalue weighted by Gasteiger charge is 2.10. The van der Waals surface area contributed by atoms with Crippen molar-refractivity contribution in [1.82, 2.24) is 4.98 Å². The molecule has 0 spiro atoms. The summed E-state index contributed by atoms with van der Waals surface area (Å²) in [5, 5.41) is 0. The highest BCUT2D eigenvalue weighted by atomic mass is 79.9. The summed E-state index contributed by atoms with van der Waals surface area (Å²) in [6, 6.07) is 9.38. The van der Waals surface area contributed by atoms with Crippen LogP contribution < -0.4 is 15.2 Å². The molecular formula is C15H17BrN2O2. The van der Waals surface area contributed by atoms with Gasteiger partial charge in [0.05, 0.1) is 6.61 Å². The lowest BCUT2D eigenvalue weighted by Crippen LogP contribution is -2.02. The zero-order valence-corrected chi connectivity index (χ0v) is 12.9. The maximum absolute atomic E-state index is 5.85. The predicted octanol–water partition coefficient (Wildman–Crippen LogP) is 3.88. The molecule has 0 aliphatic rings. The molecule has 0 aliphatic heterocycles. The molecule has 106 valence electrons. The van der Waals surface area contributed by atoms with Crippen LogP contribution in [0.2, 0.25) is 0 Å². The summed E-state index contributed by atoms with van der Waals surface area (Å²) in [5.41, 5.74) is 6.65. The molecule has 2 N–H and O–H groups in total. The molecule has 0 radical (unpaired) electrons. The van der Waals surface area contributed by atoms with Gasteiger partial charge >= 0.3 is 0 Å². The van der Waals surface area contributed by atoms with Crippen LogP contribution in [0.25, 0.3) is 0 Å². The first-order chi connectivity index (χ1) is 9.74. The van der Waals surface area contributed by atoms with Crippen molar-refractivity contribution >= 4 is 15.9 Å². The summed E-state index contributed by atoms with van der Waals surface area (Å²) in [6.07, 6.45) is 2.61. The standard InChI is InChI=1S/C15H17BrN2O2/c1-2-8-19-14-4-3-7-18-15(14)20-13-6-5-12(16)9-11(13)10-17/h3-7,9H,2,8,10,17H2,1H3. The van der Waals surface area contributed by atoms with E-state index in [2.05, 4.69) is 27.8 Å². The van der Waals surface area contributed by atoms with Gasteiger partial charge in [0, 0.05) is 22.8 Å². The SMILES string of the molecule is CCCOc1cccnc1Oc1ccc(Br)cc1CN. The second-order valence-corrected chi connectivity index (χ2v) is 5.13. The van der Waals surface area contributed by atoms with Crippen molar-refractivity contribution in [1.29, 1.82) is 0 Å². The predicted molar refractivity (Wildman–Crippen MR) is 82.1 cm³/mol. The molecule has 2 rings (SSSR count). The van der Waals surface area contributed by atoms with Crippen LogP contribution in [0.4, 0.5) is 0 Å². The fourth-order valence-electron chi connectivity index (χ4n) is 1.69. The normalized spacial score (nSPS) is 10.3. The minimum absolute atomic E-state index is 0.396. The topological polar surface area (TPSA) is 57.4 Å². The number of aromatic nitrogens is 1. The van der Waals surface area contributed by atoms with E-state index in [0.29, 0.717) is 30.5 Å². The maximum atomic E-state index is 5.85. The van der Waals surface area contributed by atoms with Gasteiger partial charge in [-0.2, -0.15) is 0 Å². The monoisotopic (exact) mass is 336 g/mol. The van der Waals surface area contributed by atoms with Gasteiger partial charge in [0.2, 0.25) is 0 Å². The average molecular weight is 337 g/mol. The van der Waals surface area contributed by atoms with Crippen LogP contribution in [0.3, 0.4) is 0 Å². The second-order valence-electron chi connectivity index (χ2n) is 4.21. The number of rotatable bonds is 6. The van der Waals surface area contributed by atoms with Crippen molar-refractivity contribution in [3.63, 3.8) is 0 Å². The summed E-state index contributed by atoms with van der Waals surface area (Å²) in [4.78, 5) is 4.22. The zero-order chi connectivity index (χ0) is 14.4. The third-order valence-corrected chi connectivity index (χ3v) is 3.14. The van der Waals surface area contributed by atoms with Gasteiger partial charge < -0.3 is 15.2 Å². The quantitative estimate of drug-likeness (QED) is 0.869. The number of pyridine rings is 1. The fraction of sp³-hybridized carbons (Fsp3) is 0.267. The smallest absolute Gasteiger partial charge is 0.262 e. The van der Waals surface area contributed by atoms with E-state index >= 15 is 0 Å². The molecule has 2 aromatic rings. The van der Waals surface area contributed by atoms with Gasteiger partial charge in [0.25, 0.3) is 5.88 Å². The fourth-order valence-corrected chi connectivity index (χ4v) is 2.09. The van der Waals surface area contributed by atoms with Gasteiger partial charge in [-0.15, -0.1) is 0 Å². The Labute approximate surface area is 127 Å². The number of hydrogen-bond donors (Lipinski definition) is 1. The van der Waals surface area contributed by atoms with E-state index in [0.717, 1.165) is 16.5 Å². The minimum Gasteiger partial charge on any atom is -0.488 e. The Kier molecular flexibility index (Phi) is 5.38. The molecule has 0 atom stereocenters. The highest BCUT2D eigenvalue weighted by Crippen LogP contribution is 2.32. The molecule has 1 aromatic heterocycles. The number of nitrogens with zero attached hydrogens (tertiary/aromatic N) is 1. The van der Waals surface area contributed by atoms with E-state index in [1.165, 1.54) is 0 Å². The van der Waals surface area contributed by atoms with Crippen LogP contribution >= 0.6 is 15.9 Å². The summed E-state index contributed by atoms with van der Waals surface area (Å²) in [7, 11) is 0. The van der Waals surface area contributed by atoms with E-state index in [9.17, 15) is 0 Å². The molecule has 1 aromatic carbocycles. The average Bonchev–Trinajstić information content (AvgIpc) is 2.48. The van der Waals surface area contributed by atoms with Gasteiger partial charge in [0.1, 0.15) is 5.75 Å². The van der Waals surface area contributed by atoms with Crippen molar-refractivity contribution in [2.75, 3.05) is 6.61 Å². The molecule has 0 saturated heterocycles. The van der Waals surface area contributed by atoms with E-state index in [1.807, 2.05) is 30.3 Å². The molecular weight excluding hydrogens is 320 g/mol. The second kappa shape index (κ2) is 7.26.